The fourth-order valence-electron chi connectivity index (χ4n) is 3.02. The first-order chi connectivity index (χ1) is 15.4. The van der Waals surface area contributed by atoms with E-state index in [4.69, 9.17) is 4.74 Å². The van der Waals surface area contributed by atoms with Gasteiger partial charge in [0.2, 0.25) is 0 Å². The Morgan fingerprint density at radius 2 is 1.69 bits per heavy atom. The van der Waals surface area contributed by atoms with Crippen molar-refractivity contribution in [3.8, 4) is 11.5 Å². The number of para-hydroxylation sites is 1. The van der Waals surface area contributed by atoms with Gasteiger partial charge in [-0.25, -0.2) is 0 Å². The van der Waals surface area contributed by atoms with Crippen LogP contribution in [0.1, 0.15) is 33.2 Å². The fourth-order valence-corrected chi connectivity index (χ4v) is 3.02. The van der Waals surface area contributed by atoms with E-state index in [1.807, 2.05) is 25.1 Å². The molecule has 0 atom stereocenters. The molecule has 0 heterocycles. The molecule has 0 radical (unpaired) electrons. The van der Waals surface area contributed by atoms with Crippen LogP contribution in [0.3, 0.4) is 0 Å². The third-order valence-corrected chi connectivity index (χ3v) is 4.42. The number of hydrogen-bond donors (Lipinski definition) is 2. The number of nitrogens with one attached hydrogen (secondary N) is 2. The second-order valence-corrected chi connectivity index (χ2v) is 6.80. The molecule has 2 amide bonds. The Morgan fingerprint density at radius 1 is 0.906 bits per heavy atom. The minimum atomic E-state index is -3.02. The van der Waals surface area contributed by atoms with Gasteiger partial charge in [-0.1, -0.05) is 24.3 Å². The Bertz CT molecular complexity index is 1120. The lowest BCUT2D eigenvalue weighted by Crippen LogP contribution is -2.18. The van der Waals surface area contributed by atoms with Crippen LogP contribution in [0.5, 0.6) is 11.5 Å². The maximum Gasteiger partial charge on any atom is 0.387 e. The summed E-state index contributed by atoms with van der Waals surface area (Å²) in [6, 6.07) is 17.8. The number of benzene rings is 3. The quantitative estimate of drug-likeness (QED) is 0.485. The molecule has 0 aliphatic carbocycles. The summed E-state index contributed by atoms with van der Waals surface area (Å²) < 4.78 is 34.9. The summed E-state index contributed by atoms with van der Waals surface area (Å²) in [7, 11) is 0. The van der Waals surface area contributed by atoms with Gasteiger partial charge in [-0.05, 0) is 61.9 Å². The summed E-state index contributed by atoms with van der Waals surface area (Å²) in [5, 5.41) is 5.50. The Balaban J connectivity index is 1.81. The largest absolute Gasteiger partial charge is 0.490 e. The Kier molecular flexibility index (Phi) is 7.38. The number of ether oxygens (including phenoxy) is 2. The summed E-state index contributed by atoms with van der Waals surface area (Å²) >= 11 is 0. The van der Waals surface area contributed by atoms with E-state index in [1.165, 1.54) is 18.2 Å². The third-order valence-electron chi connectivity index (χ3n) is 4.42. The zero-order valence-corrected chi connectivity index (χ0v) is 17.5. The number of halogens is 2. The van der Waals surface area contributed by atoms with Crippen molar-refractivity contribution in [2.24, 2.45) is 0 Å². The van der Waals surface area contributed by atoms with Crippen molar-refractivity contribution in [2.75, 3.05) is 17.2 Å². The molecule has 3 aromatic carbocycles. The van der Waals surface area contributed by atoms with Crippen molar-refractivity contribution in [2.45, 2.75) is 20.5 Å². The second-order valence-electron chi connectivity index (χ2n) is 6.80. The van der Waals surface area contributed by atoms with Crippen LogP contribution in [0.15, 0.2) is 66.7 Å². The molecule has 0 unspecified atom stereocenters. The van der Waals surface area contributed by atoms with Gasteiger partial charge in [0.05, 0.1) is 17.9 Å². The molecule has 0 spiro atoms. The summed E-state index contributed by atoms with van der Waals surface area (Å²) in [5.41, 5.74) is 2.35. The number of anilines is 2. The van der Waals surface area contributed by atoms with Gasteiger partial charge in [-0.3, -0.25) is 9.59 Å². The maximum atomic E-state index is 12.8. The van der Waals surface area contributed by atoms with Crippen LogP contribution in [0.2, 0.25) is 0 Å². The number of rotatable bonds is 8. The van der Waals surface area contributed by atoms with Gasteiger partial charge < -0.3 is 20.1 Å². The van der Waals surface area contributed by atoms with E-state index in [2.05, 4.69) is 15.4 Å². The Labute approximate surface area is 184 Å². The Morgan fingerprint density at radius 3 is 2.41 bits per heavy atom. The highest BCUT2D eigenvalue weighted by Crippen LogP contribution is 2.30. The van der Waals surface area contributed by atoms with E-state index in [-0.39, 0.29) is 35.1 Å². The molecule has 3 rings (SSSR count). The van der Waals surface area contributed by atoms with Crippen molar-refractivity contribution in [1.29, 1.82) is 0 Å². The van der Waals surface area contributed by atoms with Crippen molar-refractivity contribution < 1.29 is 27.8 Å². The molecule has 0 aromatic heterocycles. The number of hydrogen-bond acceptors (Lipinski definition) is 4. The van der Waals surface area contributed by atoms with E-state index >= 15 is 0 Å². The first-order valence-electron chi connectivity index (χ1n) is 9.87. The predicted octanol–water partition coefficient (Wildman–Crippen LogP) is 5.50. The van der Waals surface area contributed by atoms with Crippen molar-refractivity contribution in [3.63, 3.8) is 0 Å². The van der Waals surface area contributed by atoms with Crippen LogP contribution in [-0.4, -0.2) is 25.0 Å². The van der Waals surface area contributed by atoms with Crippen LogP contribution < -0.4 is 20.1 Å². The number of alkyl halides is 2. The predicted molar refractivity (Wildman–Crippen MR) is 118 cm³/mol. The van der Waals surface area contributed by atoms with E-state index in [9.17, 15) is 18.4 Å². The molecule has 0 aliphatic heterocycles. The van der Waals surface area contributed by atoms with Gasteiger partial charge in [-0.2, -0.15) is 8.78 Å². The summed E-state index contributed by atoms with van der Waals surface area (Å²) in [4.78, 5) is 25.6. The highest BCUT2D eigenvalue weighted by Gasteiger charge is 2.17. The standard InChI is InChI=1S/C24H22F2N2O4/c1-3-31-21-14-16(11-12-20(21)32-24(25)26)22(29)28-19-10-5-4-9-18(19)23(30)27-17-8-6-7-15(2)13-17/h4-14,24H,3H2,1-2H3,(H,27,30)(H,28,29). The van der Waals surface area contributed by atoms with Crippen LogP contribution >= 0.6 is 0 Å². The lowest BCUT2D eigenvalue weighted by Gasteiger charge is -2.14. The number of carbonyl (C=O) groups excluding carboxylic acids is 2. The minimum absolute atomic E-state index is 0.0194. The molecule has 0 saturated heterocycles. The molecule has 0 fully saturated rings. The van der Waals surface area contributed by atoms with E-state index in [1.54, 1.807) is 37.3 Å². The zero-order valence-electron chi connectivity index (χ0n) is 17.5. The average molecular weight is 440 g/mol. The molecule has 8 heteroatoms. The summed E-state index contributed by atoms with van der Waals surface area (Å²) in [5.74, 6) is -1.07. The topological polar surface area (TPSA) is 76.7 Å². The maximum absolute atomic E-state index is 12.8. The van der Waals surface area contributed by atoms with Crippen LogP contribution in [0.25, 0.3) is 0 Å². The first-order valence-corrected chi connectivity index (χ1v) is 9.87. The van der Waals surface area contributed by atoms with Gasteiger partial charge in [-0.15, -0.1) is 0 Å². The van der Waals surface area contributed by atoms with E-state index in [0.717, 1.165) is 5.56 Å². The molecule has 3 aromatic rings. The SMILES string of the molecule is CCOc1cc(C(=O)Nc2ccccc2C(=O)Nc2cccc(C)c2)ccc1OC(F)F. The molecular weight excluding hydrogens is 418 g/mol. The second kappa shape index (κ2) is 10.4. The molecule has 6 nitrogen and oxygen atoms in total. The molecular formula is C24H22F2N2O4. The molecule has 32 heavy (non-hydrogen) atoms. The van der Waals surface area contributed by atoms with E-state index in [0.29, 0.717) is 11.4 Å². The highest BCUT2D eigenvalue weighted by molar-refractivity contribution is 6.12. The highest BCUT2D eigenvalue weighted by atomic mass is 19.3. The van der Waals surface area contributed by atoms with Crippen LogP contribution in [0, 0.1) is 6.92 Å². The number of aryl methyl sites for hydroxylation is 1. The smallest absolute Gasteiger partial charge is 0.387 e. The van der Waals surface area contributed by atoms with Gasteiger partial charge in [0, 0.05) is 11.3 Å². The average Bonchev–Trinajstić information content (AvgIpc) is 2.75. The fraction of sp³-hybridized carbons (Fsp3) is 0.167. The lowest BCUT2D eigenvalue weighted by molar-refractivity contribution is -0.0514. The molecule has 0 bridgehead atoms. The van der Waals surface area contributed by atoms with Crippen molar-refractivity contribution in [3.05, 3.63) is 83.4 Å². The van der Waals surface area contributed by atoms with Crippen molar-refractivity contribution >= 4 is 23.2 Å². The number of carbonyl (C=O) groups is 2. The Hall–Kier alpha value is -3.94. The van der Waals surface area contributed by atoms with Gasteiger partial charge in [0.15, 0.2) is 11.5 Å². The first kappa shape index (κ1) is 22.7. The molecule has 0 aliphatic rings. The van der Waals surface area contributed by atoms with Gasteiger partial charge in [0.1, 0.15) is 0 Å². The van der Waals surface area contributed by atoms with Crippen LogP contribution in [-0.2, 0) is 0 Å². The molecule has 2 N–H and O–H groups in total. The summed E-state index contributed by atoms with van der Waals surface area (Å²) in [6.07, 6.45) is 0. The van der Waals surface area contributed by atoms with Crippen molar-refractivity contribution in [1.82, 2.24) is 0 Å². The monoisotopic (exact) mass is 440 g/mol. The van der Waals surface area contributed by atoms with E-state index < -0.39 is 12.5 Å². The van der Waals surface area contributed by atoms with Gasteiger partial charge in [0.25, 0.3) is 11.8 Å². The van der Waals surface area contributed by atoms with Crippen LogP contribution in [0.4, 0.5) is 20.2 Å². The molecule has 0 saturated carbocycles. The number of amides is 2. The zero-order chi connectivity index (χ0) is 23.1. The minimum Gasteiger partial charge on any atom is -0.490 e. The summed E-state index contributed by atoms with van der Waals surface area (Å²) in [6.45, 7) is 0.778. The normalized spacial score (nSPS) is 10.5. The molecule has 166 valence electrons. The van der Waals surface area contributed by atoms with Gasteiger partial charge >= 0.3 is 6.61 Å². The third kappa shape index (κ3) is 5.81. The lowest BCUT2D eigenvalue weighted by atomic mass is 10.1.